The van der Waals surface area contributed by atoms with Crippen molar-refractivity contribution in [2.45, 2.75) is 32.4 Å². The minimum atomic E-state index is -3.73. The number of hydrogen-bond donors (Lipinski definition) is 1. The molecule has 0 saturated heterocycles. The fourth-order valence-corrected chi connectivity index (χ4v) is 4.99. The molecule has 5 nitrogen and oxygen atoms in total. The number of nitrogens with one attached hydrogen (secondary N) is 1. The second-order valence-corrected chi connectivity index (χ2v) is 10.0. The Morgan fingerprint density at radius 2 is 1.50 bits per heavy atom. The van der Waals surface area contributed by atoms with E-state index in [-0.39, 0.29) is 5.91 Å². The van der Waals surface area contributed by atoms with Gasteiger partial charge in [0, 0.05) is 5.02 Å². The van der Waals surface area contributed by atoms with E-state index in [2.05, 4.69) is 5.32 Å². The van der Waals surface area contributed by atoms with Crippen molar-refractivity contribution < 1.29 is 13.2 Å². The molecule has 3 aromatic rings. The number of anilines is 1. The summed E-state index contributed by atoms with van der Waals surface area (Å²) in [6.45, 7) is 3.80. The van der Waals surface area contributed by atoms with Crippen LogP contribution in [0.25, 0.3) is 0 Å². The predicted octanol–water partition coefficient (Wildman–Crippen LogP) is 5.10. The van der Waals surface area contributed by atoms with E-state index in [0.717, 1.165) is 27.3 Å². The maximum absolute atomic E-state index is 13.5. The third-order valence-electron chi connectivity index (χ3n) is 5.24. The van der Waals surface area contributed by atoms with Gasteiger partial charge in [0.1, 0.15) is 6.04 Å². The molecule has 0 spiro atoms. The first-order valence-corrected chi connectivity index (χ1v) is 12.6. The van der Waals surface area contributed by atoms with E-state index in [1.54, 1.807) is 31.2 Å². The number of halogens is 1. The van der Waals surface area contributed by atoms with E-state index in [1.807, 2.05) is 61.5 Å². The number of sulfonamides is 1. The van der Waals surface area contributed by atoms with Crippen LogP contribution in [0, 0.1) is 6.92 Å². The Bertz CT molecular complexity index is 1150. The third-order valence-corrected chi connectivity index (χ3v) is 6.67. The first-order chi connectivity index (χ1) is 15.2. The van der Waals surface area contributed by atoms with Gasteiger partial charge in [0.2, 0.25) is 15.9 Å². The van der Waals surface area contributed by atoms with Crippen LogP contribution < -0.4 is 9.62 Å². The summed E-state index contributed by atoms with van der Waals surface area (Å²) in [5.41, 5.74) is 3.34. The molecule has 32 heavy (non-hydrogen) atoms. The van der Waals surface area contributed by atoms with Crippen molar-refractivity contribution in [1.29, 1.82) is 0 Å². The highest BCUT2D eigenvalue weighted by atomic mass is 35.5. The lowest BCUT2D eigenvalue weighted by Gasteiger charge is -2.31. The Morgan fingerprint density at radius 3 is 2.03 bits per heavy atom. The number of aryl methyl sites for hydroxylation is 1. The first-order valence-electron chi connectivity index (χ1n) is 10.4. The molecule has 1 N–H and O–H groups in total. The third kappa shape index (κ3) is 5.69. The van der Waals surface area contributed by atoms with Crippen molar-refractivity contribution in [3.8, 4) is 0 Å². The van der Waals surface area contributed by atoms with Gasteiger partial charge in [-0.05, 0) is 48.7 Å². The molecule has 0 heterocycles. The quantitative estimate of drug-likeness (QED) is 0.498. The van der Waals surface area contributed by atoms with Gasteiger partial charge in [-0.1, -0.05) is 78.7 Å². The van der Waals surface area contributed by atoms with Gasteiger partial charge in [-0.2, -0.15) is 0 Å². The second-order valence-electron chi connectivity index (χ2n) is 7.72. The van der Waals surface area contributed by atoms with Crippen molar-refractivity contribution in [3.63, 3.8) is 0 Å². The molecule has 0 unspecified atom stereocenters. The maximum Gasteiger partial charge on any atom is 0.244 e. The molecular formula is C25H27ClN2O3S. The molecule has 168 valence electrons. The molecule has 7 heteroatoms. The molecule has 0 radical (unpaired) electrons. The Balaban J connectivity index is 1.98. The van der Waals surface area contributed by atoms with E-state index >= 15 is 0 Å². The van der Waals surface area contributed by atoms with Crippen molar-refractivity contribution >= 4 is 33.2 Å². The number of nitrogens with zero attached hydrogens (tertiary/aromatic N) is 1. The highest BCUT2D eigenvalue weighted by Crippen LogP contribution is 2.27. The second kappa shape index (κ2) is 10.2. The first kappa shape index (κ1) is 23.8. The van der Waals surface area contributed by atoms with Crippen molar-refractivity contribution in [3.05, 3.63) is 101 Å². The summed E-state index contributed by atoms with van der Waals surface area (Å²) in [6.07, 6.45) is 1.41. The van der Waals surface area contributed by atoms with E-state index in [0.29, 0.717) is 17.1 Å². The summed E-state index contributed by atoms with van der Waals surface area (Å²) >= 11 is 5.97. The molecule has 0 aliphatic heterocycles. The van der Waals surface area contributed by atoms with Crippen molar-refractivity contribution in [1.82, 2.24) is 5.32 Å². The van der Waals surface area contributed by atoms with Crippen molar-refractivity contribution in [2.75, 3.05) is 10.6 Å². The van der Waals surface area contributed by atoms with Crippen LogP contribution in [-0.2, 0) is 14.8 Å². The van der Waals surface area contributed by atoms with E-state index in [1.165, 1.54) is 0 Å². The lowest BCUT2D eigenvalue weighted by molar-refractivity contribution is -0.122. The molecule has 3 rings (SSSR count). The fourth-order valence-electron chi connectivity index (χ4n) is 3.65. The summed E-state index contributed by atoms with van der Waals surface area (Å²) in [5.74, 6) is -0.373. The van der Waals surface area contributed by atoms with Crippen LogP contribution in [-0.4, -0.2) is 26.6 Å². The number of amides is 1. The fraction of sp³-hybridized carbons (Fsp3) is 0.240. The summed E-state index contributed by atoms with van der Waals surface area (Å²) in [6, 6.07) is 22.7. The predicted molar refractivity (Wildman–Crippen MR) is 130 cm³/mol. The summed E-state index contributed by atoms with van der Waals surface area (Å²) in [5, 5.41) is 3.57. The number of benzene rings is 3. The van der Waals surface area contributed by atoms with Gasteiger partial charge in [0.25, 0.3) is 0 Å². The molecular weight excluding hydrogens is 444 g/mol. The monoisotopic (exact) mass is 470 g/mol. The van der Waals surface area contributed by atoms with E-state index in [4.69, 9.17) is 11.6 Å². The van der Waals surface area contributed by atoms with Crippen LogP contribution in [0.1, 0.15) is 36.1 Å². The molecule has 0 aliphatic carbocycles. The van der Waals surface area contributed by atoms with Gasteiger partial charge in [-0.25, -0.2) is 8.42 Å². The number of hydrogen-bond acceptors (Lipinski definition) is 3. The summed E-state index contributed by atoms with van der Waals surface area (Å²) in [7, 11) is -3.73. The average molecular weight is 471 g/mol. The minimum Gasteiger partial charge on any atom is -0.343 e. The van der Waals surface area contributed by atoms with Gasteiger partial charge >= 0.3 is 0 Å². The lowest BCUT2D eigenvalue weighted by Crippen LogP contribution is -2.50. The van der Waals surface area contributed by atoms with Gasteiger partial charge in [0.05, 0.1) is 18.0 Å². The molecule has 0 fully saturated rings. The SMILES string of the molecule is CC[C@H](C(=O)N[C@H](c1ccccc1)c1ccc(C)cc1)N(c1ccc(Cl)cc1)S(C)(=O)=O. The Labute approximate surface area is 195 Å². The standard InChI is InChI=1S/C25H27ClN2O3S/c1-4-23(28(32(3,30)31)22-16-14-21(26)15-17-22)25(29)27-24(19-8-6-5-7-9-19)20-12-10-18(2)11-13-20/h5-17,23-24H,4H2,1-3H3,(H,27,29)/t23-,24-/m1/s1. The largest absolute Gasteiger partial charge is 0.343 e. The zero-order valence-electron chi connectivity index (χ0n) is 18.3. The molecule has 2 atom stereocenters. The highest BCUT2D eigenvalue weighted by molar-refractivity contribution is 7.92. The van der Waals surface area contributed by atoms with E-state index < -0.39 is 22.1 Å². The number of rotatable bonds is 8. The Kier molecular flexibility index (Phi) is 7.59. The molecule has 1 amide bonds. The molecule has 0 bridgehead atoms. The van der Waals surface area contributed by atoms with E-state index in [9.17, 15) is 13.2 Å². The molecule has 3 aromatic carbocycles. The van der Waals surface area contributed by atoms with Gasteiger partial charge < -0.3 is 5.32 Å². The van der Waals surface area contributed by atoms with Crippen LogP contribution >= 0.6 is 11.6 Å². The van der Waals surface area contributed by atoms with Crippen LogP contribution in [0.3, 0.4) is 0 Å². The average Bonchev–Trinajstić information content (AvgIpc) is 2.77. The Morgan fingerprint density at radius 1 is 0.938 bits per heavy atom. The summed E-state index contributed by atoms with van der Waals surface area (Å²) in [4.78, 5) is 13.5. The Hall–Kier alpha value is -2.83. The zero-order valence-corrected chi connectivity index (χ0v) is 19.9. The maximum atomic E-state index is 13.5. The minimum absolute atomic E-state index is 0.303. The molecule has 0 saturated carbocycles. The summed E-state index contributed by atoms with van der Waals surface area (Å²) < 4.78 is 26.6. The van der Waals surface area contributed by atoms with Crippen LogP contribution in [0.15, 0.2) is 78.9 Å². The topological polar surface area (TPSA) is 66.5 Å². The smallest absolute Gasteiger partial charge is 0.244 e. The number of carbonyl (C=O) groups excluding carboxylic acids is 1. The van der Waals surface area contributed by atoms with Crippen LogP contribution in [0.4, 0.5) is 5.69 Å². The molecule has 0 aliphatic rings. The lowest BCUT2D eigenvalue weighted by atomic mass is 9.97. The normalized spacial score (nSPS) is 13.2. The van der Waals surface area contributed by atoms with Crippen molar-refractivity contribution in [2.24, 2.45) is 0 Å². The van der Waals surface area contributed by atoms with Gasteiger partial charge in [-0.15, -0.1) is 0 Å². The zero-order chi connectivity index (χ0) is 23.3. The number of carbonyl (C=O) groups is 1. The van der Waals surface area contributed by atoms with Gasteiger partial charge in [0.15, 0.2) is 0 Å². The van der Waals surface area contributed by atoms with Crippen LogP contribution in [0.5, 0.6) is 0 Å². The highest BCUT2D eigenvalue weighted by Gasteiger charge is 2.33. The van der Waals surface area contributed by atoms with Gasteiger partial charge in [-0.3, -0.25) is 9.10 Å². The molecule has 0 aromatic heterocycles. The van der Waals surface area contributed by atoms with Crippen LogP contribution in [0.2, 0.25) is 5.02 Å².